The molecule has 0 aliphatic carbocycles. The van der Waals surface area contributed by atoms with Crippen LogP contribution in [-0.4, -0.2) is 21.0 Å². The Kier molecular flexibility index (Phi) is 3.43. The lowest BCUT2D eigenvalue weighted by Gasteiger charge is -2.07. The number of rotatable bonds is 3. The molecule has 0 saturated carbocycles. The molecule has 1 aromatic heterocycles. The molecule has 92 valence electrons. The van der Waals surface area contributed by atoms with E-state index in [0.717, 1.165) is 5.56 Å². The molecule has 6 heteroatoms. The number of halogens is 1. The molecule has 0 aliphatic rings. The highest BCUT2D eigenvalue weighted by molar-refractivity contribution is 6.30. The summed E-state index contributed by atoms with van der Waals surface area (Å²) in [5, 5.41) is 9.39. The fourth-order valence-electron chi connectivity index (χ4n) is 1.29. The lowest BCUT2D eigenvalue weighted by molar-refractivity contribution is 0.0694. The standard InChI is InChI=1S/C12H9ClN2O3/c1-7-5-14-12(15-6-7)18-10-4-8(13)2-3-9(10)11(16)17/h2-6H,1H3,(H,16,17). The van der Waals surface area contributed by atoms with Crippen molar-refractivity contribution in [3.05, 3.63) is 46.7 Å². The highest BCUT2D eigenvalue weighted by atomic mass is 35.5. The van der Waals surface area contributed by atoms with Crippen molar-refractivity contribution in [2.45, 2.75) is 6.92 Å². The zero-order chi connectivity index (χ0) is 13.1. The van der Waals surface area contributed by atoms with Crippen LogP contribution in [0.25, 0.3) is 0 Å². The Morgan fingerprint density at radius 1 is 1.33 bits per heavy atom. The van der Waals surface area contributed by atoms with E-state index in [4.69, 9.17) is 21.4 Å². The van der Waals surface area contributed by atoms with Crippen LogP contribution in [0.5, 0.6) is 11.8 Å². The predicted octanol–water partition coefficient (Wildman–Crippen LogP) is 2.93. The minimum atomic E-state index is -1.10. The molecule has 1 N–H and O–H groups in total. The van der Waals surface area contributed by atoms with Crippen LogP contribution in [0.1, 0.15) is 15.9 Å². The molecular weight excluding hydrogens is 256 g/mol. The molecule has 5 nitrogen and oxygen atoms in total. The van der Waals surface area contributed by atoms with Crippen LogP contribution in [0.4, 0.5) is 0 Å². The van der Waals surface area contributed by atoms with Crippen LogP contribution < -0.4 is 4.74 Å². The number of aromatic carboxylic acids is 1. The van der Waals surface area contributed by atoms with Gasteiger partial charge in [-0.15, -0.1) is 0 Å². The first-order valence-corrected chi connectivity index (χ1v) is 5.43. The minimum Gasteiger partial charge on any atom is -0.478 e. The van der Waals surface area contributed by atoms with Gasteiger partial charge in [0.25, 0.3) is 0 Å². The summed E-state index contributed by atoms with van der Waals surface area (Å²) < 4.78 is 5.32. The molecule has 0 aliphatic heterocycles. The highest BCUT2D eigenvalue weighted by Gasteiger charge is 2.13. The second-order valence-electron chi connectivity index (χ2n) is 3.59. The lowest BCUT2D eigenvalue weighted by atomic mass is 10.2. The van der Waals surface area contributed by atoms with E-state index >= 15 is 0 Å². The summed E-state index contributed by atoms with van der Waals surface area (Å²) in [4.78, 5) is 18.9. The molecule has 2 aromatic rings. The highest BCUT2D eigenvalue weighted by Crippen LogP contribution is 2.26. The number of aromatic nitrogens is 2. The third-order valence-corrected chi connectivity index (χ3v) is 2.37. The van der Waals surface area contributed by atoms with Crippen molar-refractivity contribution >= 4 is 17.6 Å². The van der Waals surface area contributed by atoms with Gasteiger partial charge >= 0.3 is 12.0 Å². The van der Waals surface area contributed by atoms with Gasteiger partial charge in [-0.2, -0.15) is 0 Å². The van der Waals surface area contributed by atoms with E-state index in [9.17, 15) is 4.79 Å². The summed E-state index contributed by atoms with van der Waals surface area (Å²) >= 11 is 5.80. The Hall–Kier alpha value is -2.14. The number of hydrogen-bond donors (Lipinski definition) is 1. The Labute approximate surface area is 108 Å². The van der Waals surface area contributed by atoms with E-state index in [1.165, 1.54) is 18.2 Å². The average molecular weight is 265 g/mol. The Bertz CT molecular complexity index is 584. The van der Waals surface area contributed by atoms with Crippen molar-refractivity contribution in [2.75, 3.05) is 0 Å². The van der Waals surface area contributed by atoms with E-state index in [1.807, 2.05) is 6.92 Å². The fourth-order valence-corrected chi connectivity index (χ4v) is 1.45. The van der Waals surface area contributed by atoms with Gasteiger partial charge in [0.1, 0.15) is 11.3 Å². The van der Waals surface area contributed by atoms with Gasteiger partial charge in [0.15, 0.2) is 0 Å². The van der Waals surface area contributed by atoms with Gasteiger partial charge in [-0.1, -0.05) is 11.6 Å². The van der Waals surface area contributed by atoms with E-state index < -0.39 is 5.97 Å². The zero-order valence-corrected chi connectivity index (χ0v) is 10.2. The first-order valence-electron chi connectivity index (χ1n) is 5.05. The largest absolute Gasteiger partial charge is 0.478 e. The van der Waals surface area contributed by atoms with Gasteiger partial charge in [-0.05, 0) is 24.6 Å². The van der Waals surface area contributed by atoms with Gasteiger partial charge in [0.2, 0.25) is 0 Å². The molecule has 2 rings (SSSR count). The maximum atomic E-state index is 11.0. The summed E-state index contributed by atoms with van der Waals surface area (Å²) in [6.45, 7) is 1.84. The average Bonchev–Trinajstić information content (AvgIpc) is 2.32. The first kappa shape index (κ1) is 12.3. The molecule has 0 bridgehead atoms. The molecule has 1 aromatic carbocycles. The molecule has 0 unspecified atom stereocenters. The molecule has 0 spiro atoms. The summed E-state index contributed by atoms with van der Waals surface area (Å²) in [7, 11) is 0. The van der Waals surface area contributed by atoms with Gasteiger partial charge in [0.05, 0.1) is 0 Å². The van der Waals surface area contributed by atoms with Crippen LogP contribution in [0.3, 0.4) is 0 Å². The van der Waals surface area contributed by atoms with Crippen molar-refractivity contribution in [1.29, 1.82) is 0 Å². The SMILES string of the molecule is Cc1cnc(Oc2cc(Cl)ccc2C(=O)O)nc1. The number of benzene rings is 1. The third kappa shape index (κ3) is 2.75. The summed E-state index contributed by atoms with van der Waals surface area (Å²) in [6.07, 6.45) is 3.15. The predicted molar refractivity (Wildman–Crippen MR) is 65.3 cm³/mol. The molecule has 18 heavy (non-hydrogen) atoms. The van der Waals surface area contributed by atoms with Gasteiger partial charge < -0.3 is 9.84 Å². The number of nitrogens with zero attached hydrogens (tertiary/aromatic N) is 2. The van der Waals surface area contributed by atoms with Crippen molar-refractivity contribution in [3.63, 3.8) is 0 Å². The van der Waals surface area contributed by atoms with Gasteiger partial charge in [-0.25, -0.2) is 14.8 Å². The summed E-state index contributed by atoms with van der Waals surface area (Å²) in [5.41, 5.74) is 0.885. The maximum absolute atomic E-state index is 11.0. The number of carbonyl (C=O) groups is 1. The van der Waals surface area contributed by atoms with Crippen molar-refractivity contribution < 1.29 is 14.6 Å². The van der Waals surface area contributed by atoms with Crippen LogP contribution in [-0.2, 0) is 0 Å². The third-order valence-electron chi connectivity index (χ3n) is 2.13. The molecule has 1 heterocycles. The Morgan fingerprint density at radius 3 is 2.61 bits per heavy atom. The van der Waals surface area contributed by atoms with Crippen molar-refractivity contribution in [2.24, 2.45) is 0 Å². The summed E-state index contributed by atoms with van der Waals surface area (Å²) in [5.74, 6) is -0.993. The van der Waals surface area contributed by atoms with Crippen molar-refractivity contribution in [1.82, 2.24) is 9.97 Å². The fraction of sp³-hybridized carbons (Fsp3) is 0.0833. The minimum absolute atomic E-state index is 0.00331. The Balaban J connectivity index is 2.35. The van der Waals surface area contributed by atoms with E-state index in [2.05, 4.69) is 9.97 Å². The lowest BCUT2D eigenvalue weighted by Crippen LogP contribution is -2.01. The Morgan fingerprint density at radius 2 is 2.00 bits per heavy atom. The normalized spacial score (nSPS) is 10.1. The molecule has 0 saturated heterocycles. The monoisotopic (exact) mass is 264 g/mol. The van der Waals surface area contributed by atoms with Crippen LogP contribution in [0, 0.1) is 6.92 Å². The number of aryl methyl sites for hydroxylation is 1. The van der Waals surface area contributed by atoms with E-state index in [-0.39, 0.29) is 17.3 Å². The smallest absolute Gasteiger partial charge is 0.339 e. The number of carboxylic acid groups (broad SMARTS) is 1. The van der Waals surface area contributed by atoms with Crippen LogP contribution in [0.15, 0.2) is 30.6 Å². The van der Waals surface area contributed by atoms with Gasteiger partial charge in [0, 0.05) is 23.5 Å². The van der Waals surface area contributed by atoms with E-state index in [1.54, 1.807) is 12.4 Å². The van der Waals surface area contributed by atoms with Gasteiger partial charge in [-0.3, -0.25) is 0 Å². The van der Waals surface area contributed by atoms with Crippen molar-refractivity contribution in [3.8, 4) is 11.8 Å². The zero-order valence-electron chi connectivity index (χ0n) is 9.42. The quantitative estimate of drug-likeness (QED) is 0.923. The number of carboxylic acids is 1. The number of ether oxygens (including phenoxy) is 1. The maximum Gasteiger partial charge on any atom is 0.339 e. The second kappa shape index (κ2) is 5.01. The molecule has 0 fully saturated rings. The molecular formula is C12H9ClN2O3. The molecule has 0 atom stereocenters. The van der Waals surface area contributed by atoms with E-state index in [0.29, 0.717) is 5.02 Å². The first-order chi connectivity index (χ1) is 8.56. The molecule has 0 amide bonds. The molecule has 0 radical (unpaired) electrons. The second-order valence-corrected chi connectivity index (χ2v) is 4.03. The van der Waals surface area contributed by atoms with Crippen LogP contribution >= 0.6 is 11.6 Å². The topological polar surface area (TPSA) is 72.3 Å². The van der Waals surface area contributed by atoms with Crippen LogP contribution in [0.2, 0.25) is 5.02 Å². The summed E-state index contributed by atoms with van der Waals surface area (Å²) in [6, 6.07) is 4.33. The number of hydrogen-bond acceptors (Lipinski definition) is 4.